The molecule has 0 atom stereocenters. The van der Waals surface area contributed by atoms with E-state index in [1.807, 2.05) is 0 Å². The van der Waals surface area contributed by atoms with Crippen LogP contribution in [0.3, 0.4) is 0 Å². The highest BCUT2D eigenvalue weighted by atomic mass is 32.2. The average Bonchev–Trinajstić information content (AvgIpc) is 2.57. The Hall–Kier alpha value is -2.71. The van der Waals surface area contributed by atoms with Crippen molar-refractivity contribution in [2.75, 3.05) is 13.6 Å². The minimum absolute atomic E-state index is 0.118. The SMILES string of the molecule is CN(CC(=O)N/N=C/c1ccc(O)cc1)S(=O)(=O)c1ccccc1. The van der Waals surface area contributed by atoms with Gasteiger partial charge in [-0.05, 0) is 42.0 Å². The number of amides is 1. The summed E-state index contributed by atoms with van der Waals surface area (Å²) in [5.41, 5.74) is 2.94. The first-order chi connectivity index (χ1) is 11.4. The fraction of sp³-hybridized carbons (Fsp3) is 0.125. The van der Waals surface area contributed by atoms with Gasteiger partial charge in [0.2, 0.25) is 10.0 Å². The molecule has 1 amide bonds. The Bertz CT molecular complexity index is 818. The van der Waals surface area contributed by atoms with Gasteiger partial charge in [-0.15, -0.1) is 0 Å². The van der Waals surface area contributed by atoms with Gasteiger partial charge in [0.1, 0.15) is 5.75 Å². The van der Waals surface area contributed by atoms with Crippen molar-refractivity contribution in [2.24, 2.45) is 5.10 Å². The Morgan fingerprint density at radius 1 is 1.17 bits per heavy atom. The second-order valence-corrected chi connectivity index (χ2v) is 7.00. The molecule has 0 spiro atoms. The van der Waals surface area contributed by atoms with Crippen LogP contribution in [0.5, 0.6) is 5.75 Å². The predicted octanol–water partition coefficient (Wildman–Crippen LogP) is 1.16. The summed E-state index contributed by atoms with van der Waals surface area (Å²) in [7, 11) is -2.40. The first kappa shape index (κ1) is 17.6. The molecule has 0 bridgehead atoms. The highest BCUT2D eigenvalue weighted by Crippen LogP contribution is 2.12. The van der Waals surface area contributed by atoms with Crippen LogP contribution in [0.4, 0.5) is 0 Å². The fourth-order valence-electron chi connectivity index (χ4n) is 1.83. The molecule has 0 aliphatic heterocycles. The number of hydrogen-bond acceptors (Lipinski definition) is 5. The lowest BCUT2D eigenvalue weighted by molar-refractivity contribution is -0.121. The van der Waals surface area contributed by atoms with Gasteiger partial charge in [0.25, 0.3) is 5.91 Å². The molecule has 7 nitrogen and oxygen atoms in total. The van der Waals surface area contributed by atoms with E-state index in [1.54, 1.807) is 30.3 Å². The largest absolute Gasteiger partial charge is 0.508 e. The van der Waals surface area contributed by atoms with Gasteiger partial charge in [-0.3, -0.25) is 4.79 Å². The maximum absolute atomic E-state index is 12.3. The van der Waals surface area contributed by atoms with Gasteiger partial charge in [0, 0.05) is 7.05 Å². The van der Waals surface area contributed by atoms with Gasteiger partial charge in [-0.25, -0.2) is 13.8 Å². The molecule has 0 unspecified atom stereocenters. The Kier molecular flexibility index (Phi) is 5.67. The molecule has 2 aromatic carbocycles. The smallest absolute Gasteiger partial charge is 0.255 e. The number of benzene rings is 2. The van der Waals surface area contributed by atoms with E-state index < -0.39 is 15.9 Å². The number of sulfonamides is 1. The Morgan fingerprint density at radius 2 is 1.79 bits per heavy atom. The number of likely N-dealkylation sites (N-methyl/N-ethyl adjacent to an activating group) is 1. The molecule has 0 aliphatic rings. The van der Waals surface area contributed by atoms with Crippen molar-refractivity contribution >= 4 is 22.1 Å². The summed E-state index contributed by atoms with van der Waals surface area (Å²) in [5, 5.41) is 12.9. The number of phenols is 1. The Morgan fingerprint density at radius 3 is 2.42 bits per heavy atom. The topological polar surface area (TPSA) is 99.1 Å². The number of carbonyl (C=O) groups is 1. The van der Waals surface area contributed by atoms with Crippen LogP contribution in [0.25, 0.3) is 0 Å². The number of phenolic OH excluding ortho intramolecular Hbond substituents is 1. The molecule has 0 fully saturated rings. The zero-order valence-corrected chi connectivity index (χ0v) is 13.8. The number of aromatic hydroxyl groups is 1. The highest BCUT2D eigenvalue weighted by Gasteiger charge is 2.22. The van der Waals surface area contributed by atoms with Crippen molar-refractivity contribution in [1.29, 1.82) is 0 Å². The fourth-order valence-corrected chi connectivity index (χ4v) is 2.98. The van der Waals surface area contributed by atoms with Crippen LogP contribution in [0, 0.1) is 0 Å². The van der Waals surface area contributed by atoms with Crippen molar-refractivity contribution in [3.63, 3.8) is 0 Å². The van der Waals surface area contributed by atoms with Gasteiger partial charge in [0.05, 0.1) is 17.7 Å². The summed E-state index contributed by atoms with van der Waals surface area (Å²) < 4.78 is 25.5. The molecule has 0 radical (unpaired) electrons. The molecule has 0 heterocycles. The first-order valence-electron chi connectivity index (χ1n) is 7.02. The third kappa shape index (κ3) is 4.64. The number of carbonyl (C=O) groups excluding carboxylic acids is 1. The number of nitrogens with zero attached hydrogens (tertiary/aromatic N) is 2. The average molecular weight is 347 g/mol. The van der Waals surface area contributed by atoms with Crippen molar-refractivity contribution in [3.8, 4) is 5.75 Å². The molecule has 0 aliphatic carbocycles. The summed E-state index contributed by atoms with van der Waals surface area (Å²) in [6.45, 7) is -0.357. The molecular weight excluding hydrogens is 330 g/mol. The second-order valence-electron chi connectivity index (χ2n) is 4.96. The van der Waals surface area contributed by atoms with E-state index >= 15 is 0 Å². The minimum Gasteiger partial charge on any atom is -0.508 e. The third-order valence-corrected chi connectivity index (χ3v) is 4.93. The molecule has 24 heavy (non-hydrogen) atoms. The van der Waals surface area contributed by atoms with Crippen molar-refractivity contribution in [1.82, 2.24) is 9.73 Å². The molecule has 126 valence electrons. The van der Waals surface area contributed by atoms with Gasteiger partial charge in [-0.1, -0.05) is 18.2 Å². The van der Waals surface area contributed by atoms with Crippen molar-refractivity contribution < 1.29 is 18.3 Å². The van der Waals surface area contributed by atoms with E-state index in [2.05, 4.69) is 10.5 Å². The van der Waals surface area contributed by atoms with Crippen LogP contribution in [0.2, 0.25) is 0 Å². The number of nitrogens with one attached hydrogen (secondary N) is 1. The molecule has 2 N–H and O–H groups in total. The lowest BCUT2D eigenvalue weighted by Gasteiger charge is -2.15. The second kappa shape index (κ2) is 7.71. The van der Waals surface area contributed by atoms with E-state index in [1.165, 1.54) is 37.5 Å². The van der Waals surface area contributed by atoms with E-state index in [0.29, 0.717) is 5.56 Å². The van der Waals surface area contributed by atoms with Gasteiger partial charge < -0.3 is 5.11 Å². The van der Waals surface area contributed by atoms with Gasteiger partial charge in [-0.2, -0.15) is 9.41 Å². The first-order valence-corrected chi connectivity index (χ1v) is 8.46. The standard InChI is InChI=1S/C16H17N3O4S/c1-19(24(22,23)15-5-3-2-4-6-15)12-16(21)18-17-11-13-7-9-14(20)10-8-13/h2-11,20H,12H2,1H3,(H,18,21)/b17-11+. The van der Waals surface area contributed by atoms with Crippen LogP contribution in [-0.2, 0) is 14.8 Å². The molecule has 8 heteroatoms. The maximum Gasteiger partial charge on any atom is 0.255 e. The summed E-state index contributed by atoms with van der Waals surface area (Å²) in [5.74, 6) is -0.434. The number of hydrazone groups is 1. The maximum atomic E-state index is 12.3. The summed E-state index contributed by atoms with van der Waals surface area (Å²) in [4.78, 5) is 11.9. The van der Waals surface area contributed by atoms with E-state index in [-0.39, 0.29) is 17.2 Å². The molecule has 0 saturated heterocycles. The molecule has 2 aromatic rings. The van der Waals surface area contributed by atoms with Crippen LogP contribution in [0.15, 0.2) is 64.6 Å². The molecule has 0 saturated carbocycles. The normalized spacial score (nSPS) is 11.8. The van der Waals surface area contributed by atoms with Gasteiger partial charge in [0.15, 0.2) is 0 Å². The zero-order chi connectivity index (χ0) is 17.6. The van der Waals surface area contributed by atoms with E-state index in [0.717, 1.165) is 4.31 Å². The monoisotopic (exact) mass is 347 g/mol. The van der Waals surface area contributed by atoms with Crippen molar-refractivity contribution in [2.45, 2.75) is 4.90 Å². The molecule has 2 rings (SSSR count). The lowest BCUT2D eigenvalue weighted by Crippen LogP contribution is -2.36. The van der Waals surface area contributed by atoms with Crippen molar-refractivity contribution in [3.05, 3.63) is 60.2 Å². The number of hydrogen-bond donors (Lipinski definition) is 2. The van der Waals surface area contributed by atoms with Crippen LogP contribution in [-0.4, -0.2) is 43.5 Å². The van der Waals surface area contributed by atoms with E-state index in [4.69, 9.17) is 5.11 Å². The van der Waals surface area contributed by atoms with E-state index in [9.17, 15) is 13.2 Å². The third-order valence-electron chi connectivity index (χ3n) is 3.11. The highest BCUT2D eigenvalue weighted by molar-refractivity contribution is 7.89. The summed E-state index contributed by atoms with van der Waals surface area (Å²) >= 11 is 0. The lowest BCUT2D eigenvalue weighted by atomic mass is 10.2. The van der Waals surface area contributed by atoms with Crippen LogP contribution < -0.4 is 5.43 Å². The molecular formula is C16H17N3O4S. The summed E-state index contributed by atoms with van der Waals surface area (Å²) in [6, 6.07) is 14.1. The van der Waals surface area contributed by atoms with Crippen LogP contribution in [0.1, 0.15) is 5.56 Å². The zero-order valence-electron chi connectivity index (χ0n) is 13.0. The molecule has 0 aromatic heterocycles. The number of rotatable bonds is 6. The van der Waals surface area contributed by atoms with Crippen LogP contribution >= 0.6 is 0 Å². The van der Waals surface area contributed by atoms with Gasteiger partial charge >= 0.3 is 0 Å². The predicted molar refractivity (Wildman–Crippen MR) is 90.1 cm³/mol. The quantitative estimate of drug-likeness (QED) is 0.605. The minimum atomic E-state index is -3.72. The Balaban J connectivity index is 1.93. The summed E-state index contributed by atoms with van der Waals surface area (Å²) in [6.07, 6.45) is 1.39. The Labute approximate surface area is 140 Å².